The van der Waals surface area contributed by atoms with Crippen molar-refractivity contribution in [2.24, 2.45) is 0 Å². The van der Waals surface area contributed by atoms with Crippen molar-refractivity contribution in [2.75, 3.05) is 5.32 Å². The van der Waals surface area contributed by atoms with Crippen LogP contribution in [0.4, 0.5) is 11.4 Å². The predicted octanol–water partition coefficient (Wildman–Crippen LogP) is 5.29. The second-order valence-corrected chi connectivity index (χ2v) is 7.33. The number of nitro benzene ring substituents is 1. The van der Waals surface area contributed by atoms with E-state index in [4.69, 9.17) is 0 Å². The molecule has 0 bridgehead atoms. The maximum Gasteiger partial charge on any atom is 0.272 e. The Morgan fingerprint density at radius 3 is 2.62 bits per heavy atom. The van der Waals surface area contributed by atoms with Gasteiger partial charge in [0.2, 0.25) is 5.91 Å². The van der Waals surface area contributed by atoms with Gasteiger partial charge in [0.15, 0.2) is 0 Å². The number of fused-ring (bicyclic) bond motifs is 3. The number of nitrogens with one attached hydrogen (secondary N) is 1. The first kappa shape index (κ1) is 16.7. The lowest BCUT2D eigenvalue weighted by molar-refractivity contribution is -0.385. The van der Waals surface area contributed by atoms with E-state index in [1.165, 1.54) is 0 Å². The van der Waals surface area contributed by atoms with Gasteiger partial charge in [0.05, 0.1) is 10.6 Å². The molecule has 6 heteroatoms. The summed E-state index contributed by atoms with van der Waals surface area (Å²) in [5.41, 5.74) is 3.22. The summed E-state index contributed by atoms with van der Waals surface area (Å²) in [6.45, 7) is 1.72. The minimum Gasteiger partial charge on any atom is -0.325 e. The van der Waals surface area contributed by atoms with E-state index in [0.29, 0.717) is 5.56 Å². The van der Waals surface area contributed by atoms with Crippen LogP contribution in [0.1, 0.15) is 29.0 Å². The quantitative estimate of drug-likeness (QED) is 0.460. The molecule has 1 amide bonds. The number of carbonyl (C=O) groups excluding carboxylic acids is 1. The number of nitro groups is 1. The van der Waals surface area contributed by atoms with Crippen LogP contribution in [0.25, 0.3) is 10.8 Å². The number of hydrogen-bond acceptors (Lipinski definition) is 3. The summed E-state index contributed by atoms with van der Waals surface area (Å²) in [5, 5.41) is 16.3. The van der Waals surface area contributed by atoms with Gasteiger partial charge < -0.3 is 5.32 Å². The second kappa shape index (κ2) is 6.21. The molecule has 1 aliphatic rings. The first-order valence-corrected chi connectivity index (χ1v) is 9.01. The Balaban J connectivity index is 1.95. The highest BCUT2D eigenvalue weighted by Crippen LogP contribution is 2.44. The lowest BCUT2D eigenvalue weighted by Gasteiger charge is -2.28. The zero-order chi connectivity index (χ0) is 18.4. The van der Waals surface area contributed by atoms with Crippen molar-refractivity contribution >= 4 is 44.0 Å². The van der Waals surface area contributed by atoms with E-state index in [1.807, 2.05) is 36.4 Å². The summed E-state index contributed by atoms with van der Waals surface area (Å²) in [6.07, 6.45) is 0.262. The van der Waals surface area contributed by atoms with Crippen molar-refractivity contribution < 1.29 is 9.72 Å². The molecular formula is C20H15BrN2O3. The van der Waals surface area contributed by atoms with Crippen molar-refractivity contribution in [3.05, 3.63) is 79.8 Å². The van der Waals surface area contributed by atoms with E-state index in [-0.39, 0.29) is 28.9 Å². The average molecular weight is 411 g/mol. The van der Waals surface area contributed by atoms with Gasteiger partial charge >= 0.3 is 0 Å². The lowest BCUT2D eigenvalue weighted by atomic mass is 9.83. The Morgan fingerprint density at radius 1 is 1.15 bits per heavy atom. The number of carbonyl (C=O) groups is 1. The van der Waals surface area contributed by atoms with Crippen molar-refractivity contribution in [1.82, 2.24) is 0 Å². The largest absolute Gasteiger partial charge is 0.325 e. The number of amides is 1. The molecule has 5 nitrogen and oxygen atoms in total. The van der Waals surface area contributed by atoms with Gasteiger partial charge in [-0.25, -0.2) is 0 Å². The standard InChI is InChI=1S/C20H15BrN2O3/c1-11-6-7-12(8-18(11)23(25)26)15-10-19(24)22-20-14-5-3-2-4-13(14)17(21)9-16(15)20/h2-9,15H,10H2,1H3,(H,22,24)/t15-/m1/s1. The number of aryl methyl sites for hydroxylation is 1. The highest BCUT2D eigenvalue weighted by molar-refractivity contribution is 9.10. The SMILES string of the molecule is Cc1ccc([C@H]2CC(=O)Nc3c2cc(Br)c2ccccc32)cc1[N+](=O)[O-]. The van der Waals surface area contributed by atoms with Crippen molar-refractivity contribution in [1.29, 1.82) is 0 Å². The van der Waals surface area contributed by atoms with Crippen molar-refractivity contribution in [3.8, 4) is 0 Å². The lowest BCUT2D eigenvalue weighted by Crippen LogP contribution is -2.24. The van der Waals surface area contributed by atoms with E-state index >= 15 is 0 Å². The van der Waals surface area contributed by atoms with Crippen molar-refractivity contribution in [2.45, 2.75) is 19.3 Å². The van der Waals surface area contributed by atoms with Crippen LogP contribution in [-0.2, 0) is 4.79 Å². The maximum absolute atomic E-state index is 12.4. The molecule has 0 fully saturated rings. The van der Waals surface area contributed by atoms with Gasteiger partial charge in [0.25, 0.3) is 5.69 Å². The highest BCUT2D eigenvalue weighted by atomic mass is 79.9. The Bertz CT molecular complexity index is 1080. The molecule has 0 unspecified atom stereocenters. The summed E-state index contributed by atoms with van der Waals surface area (Å²) in [4.78, 5) is 23.3. The minimum atomic E-state index is -0.376. The van der Waals surface area contributed by atoms with Crippen LogP contribution < -0.4 is 5.32 Å². The highest BCUT2D eigenvalue weighted by Gasteiger charge is 2.29. The number of halogens is 1. The van der Waals surface area contributed by atoms with Crippen LogP contribution in [0.5, 0.6) is 0 Å². The molecule has 0 spiro atoms. The molecule has 1 atom stereocenters. The van der Waals surface area contributed by atoms with Gasteiger partial charge in [-0.2, -0.15) is 0 Å². The van der Waals surface area contributed by atoms with E-state index in [9.17, 15) is 14.9 Å². The molecule has 0 aromatic heterocycles. The molecular weight excluding hydrogens is 396 g/mol. The van der Waals surface area contributed by atoms with Crippen molar-refractivity contribution in [3.63, 3.8) is 0 Å². The van der Waals surface area contributed by atoms with Gasteiger partial charge in [-0.15, -0.1) is 0 Å². The molecule has 0 saturated heterocycles. The Kier molecular flexibility index (Phi) is 4.00. The fraction of sp³-hybridized carbons (Fsp3) is 0.150. The van der Waals surface area contributed by atoms with E-state index in [2.05, 4.69) is 21.2 Å². The molecule has 3 aromatic rings. The fourth-order valence-corrected chi connectivity index (χ4v) is 4.18. The molecule has 130 valence electrons. The molecule has 1 aliphatic heterocycles. The van der Waals surface area contributed by atoms with Gasteiger partial charge in [0, 0.05) is 33.8 Å². The zero-order valence-electron chi connectivity index (χ0n) is 14.0. The summed E-state index contributed by atoms with van der Waals surface area (Å²) < 4.78 is 0.939. The van der Waals surface area contributed by atoms with Crippen LogP contribution in [0.15, 0.2) is 53.0 Å². The second-order valence-electron chi connectivity index (χ2n) is 6.48. The molecule has 26 heavy (non-hydrogen) atoms. The average Bonchev–Trinajstić information content (AvgIpc) is 2.62. The smallest absolute Gasteiger partial charge is 0.272 e. The first-order valence-electron chi connectivity index (χ1n) is 8.21. The molecule has 3 aromatic carbocycles. The molecule has 0 aliphatic carbocycles. The normalized spacial score (nSPS) is 16.2. The number of rotatable bonds is 2. The summed E-state index contributed by atoms with van der Waals surface area (Å²) in [5.74, 6) is -0.308. The molecule has 0 saturated carbocycles. The molecule has 1 heterocycles. The van der Waals surface area contributed by atoms with Crippen LogP contribution in [0.3, 0.4) is 0 Å². The van der Waals surface area contributed by atoms with Crippen LogP contribution in [0, 0.1) is 17.0 Å². The monoisotopic (exact) mass is 410 g/mol. The van der Waals surface area contributed by atoms with Crippen LogP contribution in [0.2, 0.25) is 0 Å². The number of benzene rings is 3. The number of anilines is 1. The zero-order valence-corrected chi connectivity index (χ0v) is 15.5. The maximum atomic E-state index is 12.4. The minimum absolute atomic E-state index is 0.0786. The van der Waals surface area contributed by atoms with Gasteiger partial charge in [-0.1, -0.05) is 52.3 Å². The summed E-state index contributed by atoms with van der Waals surface area (Å²) >= 11 is 3.62. The topological polar surface area (TPSA) is 72.2 Å². The van der Waals surface area contributed by atoms with Gasteiger partial charge in [-0.05, 0) is 29.5 Å². The van der Waals surface area contributed by atoms with Gasteiger partial charge in [0.1, 0.15) is 0 Å². The third-order valence-corrected chi connectivity index (χ3v) is 5.54. The Hall–Kier alpha value is -2.73. The predicted molar refractivity (Wildman–Crippen MR) is 105 cm³/mol. The number of hydrogen-bond donors (Lipinski definition) is 1. The Labute approximate surface area is 158 Å². The van der Waals surface area contributed by atoms with E-state index in [1.54, 1.807) is 19.1 Å². The molecule has 4 rings (SSSR count). The van der Waals surface area contributed by atoms with Gasteiger partial charge in [-0.3, -0.25) is 14.9 Å². The summed E-state index contributed by atoms with van der Waals surface area (Å²) in [6, 6.07) is 15.1. The molecule has 1 N–H and O–H groups in total. The van der Waals surface area contributed by atoms with E-state index < -0.39 is 0 Å². The number of nitrogens with zero attached hydrogens (tertiary/aromatic N) is 1. The first-order chi connectivity index (χ1) is 12.5. The summed E-state index contributed by atoms with van der Waals surface area (Å²) in [7, 11) is 0. The molecule has 0 radical (unpaired) electrons. The van der Waals surface area contributed by atoms with Crippen LogP contribution in [-0.4, -0.2) is 10.8 Å². The fourth-order valence-electron chi connectivity index (χ4n) is 3.59. The third kappa shape index (κ3) is 2.66. The Morgan fingerprint density at radius 2 is 1.88 bits per heavy atom. The third-order valence-electron chi connectivity index (χ3n) is 4.89. The van der Waals surface area contributed by atoms with E-state index in [0.717, 1.165) is 32.1 Å². The van der Waals surface area contributed by atoms with Crippen LogP contribution >= 0.6 is 15.9 Å².